The van der Waals surface area contributed by atoms with Gasteiger partial charge in [0.1, 0.15) is 6.04 Å². The van der Waals surface area contributed by atoms with Gasteiger partial charge in [-0.2, -0.15) is 4.31 Å². The van der Waals surface area contributed by atoms with Gasteiger partial charge in [-0.25, -0.2) is 8.42 Å². The molecule has 1 unspecified atom stereocenters. The van der Waals surface area contributed by atoms with E-state index in [9.17, 15) is 18.0 Å². The molecule has 7 nitrogen and oxygen atoms in total. The number of sulfonamides is 1. The van der Waals surface area contributed by atoms with Crippen molar-refractivity contribution in [3.8, 4) is 0 Å². The summed E-state index contributed by atoms with van der Waals surface area (Å²) in [5.41, 5.74) is 1.76. The molecule has 0 spiro atoms. The van der Waals surface area contributed by atoms with Crippen molar-refractivity contribution in [2.75, 3.05) is 13.6 Å². The lowest BCUT2D eigenvalue weighted by Gasteiger charge is -2.33. The largest absolute Gasteiger partial charge is 0.352 e. The molecule has 2 amide bonds. The first kappa shape index (κ1) is 28.8. The number of hydrogen-bond donors (Lipinski definition) is 1. The zero-order valence-electron chi connectivity index (χ0n) is 22.0. The monoisotopic (exact) mass is 567 g/mol. The Hall–Kier alpha value is -3.20. The van der Waals surface area contributed by atoms with Crippen LogP contribution in [0.2, 0.25) is 5.02 Å². The number of likely N-dealkylation sites (N-methyl/N-ethyl adjacent to an activating group) is 1. The minimum absolute atomic E-state index is 0.0385. The zero-order chi connectivity index (χ0) is 27.8. The molecule has 0 aliphatic heterocycles. The summed E-state index contributed by atoms with van der Waals surface area (Å²) in [7, 11) is -2.59. The van der Waals surface area contributed by atoms with E-state index in [4.69, 9.17) is 11.6 Å². The lowest BCUT2D eigenvalue weighted by atomic mass is 10.0. The molecule has 4 rings (SSSR count). The average Bonchev–Trinajstić information content (AvgIpc) is 3.45. The first-order chi connectivity index (χ1) is 18.7. The molecule has 1 N–H and O–H groups in total. The summed E-state index contributed by atoms with van der Waals surface area (Å²) in [6, 6.07) is 24.1. The lowest BCUT2D eigenvalue weighted by molar-refractivity contribution is -0.141. The molecule has 206 valence electrons. The minimum atomic E-state index is -3.95. The van der Waals surface area contributed by atoms with Crippen molar-refractivity contribution in [1.29, 1.82) is 0 Å². The van der Waals surface area contributed by atoms with Gasteiger partial charge in [-0.15, -0.1) is 0 Å². The number of carbonyl (C=O) groups is 2. The predicted molar refractivity (Wildman–Crippen MR) is 153 cm³/mol. The Morgan fingerprint density at radius 1 is 0.897 bits per heavy atom. The smallest absolute Gasteiger partial charge is 0.243 e. The van der Waals surface area contributed by atoms with E-state index < -0.39 is 28.5 Å². The van der Waals surface area contributed by atoms with E-state index in [0.29, 0.717) is 11.4 Å². The Labute approximate surface area is 235 Å². The zero-order valence-corrected chi connectivity index (χ0v) is 23.6. The quantitative estimate of drug-likeness (QED) is 0.365. The molecular formula is C30H34ClN3O4S. The first-order valence-electron chi connectivity index (χ1n) is 13.1. The Balaban J connectivity index is 1.64. The molecule has 1 aliphatic carbocycles. The molecule has 0 aromatic heterocycles. The third-order valence-electron chi connectivity index (χ3n) is 7.05. The highest BCUT2D eigenvalue weighted by molar-refractivity contribution is 7.89. The van der Waals surface area contributed by atoms with Gasteiger partial charge in [-0.3, -0.25) is 9.59 Å². The normalized spacial score (nSPS) is 14.7. The molecule has 0 bridgehead atoms. The summed E-state index contributed by atoms with van der Waals surface area (Å²) in [6.45, 7) is -0.246. The summed E-state index contributed by atoms with van der Waals surface area (Å²) in [6.07, 6.45) is 4.27. The van der Waals surface area contributed by atoms with Crippen LogP contribution in [0.25, 0.3) is 0 Å². The summed E-state index contributed by atoms with van der Waals surface area (Å²) in [5.74, 6) is -0.681. The number of carbonyl (C=O) groups excluding carboxylic acids is 2. The Morgan fingerprint density at radius 3 is 2.05 bits per heavy atom. The highest BCUT2D eigenvalue weighted by Gasteiger charge is 2.34. The van der Waals surface area contributed by atoms with Gasteiger partial charge in [0.05, 0.1) is 11.4 Å². The van der Waals surface area contributed by atoms with Gasteiger partial charge in [-0.1, -0.05) is 85.1 Å². The molecule has 3 aromatic carbocycles. The van der Waals surface area contributed by atoms with Gasteiger partial charge in [0.25, 0.3) is 0 Å². The standard InChI is InChI=1S/C30H34ClN3O4S/c1-33(39(37,38)27-18-16-25(31)17-19-27)22-29(35)34(21-24-12-6-3-7-13-24)28(20-23-10-4-2-5-11-23)30(36)32-26-14-8-9-15-26/h2-7,10-13,16-19,26,28H,8-9,14-15,20-22H2,1H3,(H,32,36). The molecule has 1 aliphatic rings. The maximum Gasteiger partial charge on any atom is 0.243 e. The fourth-order valence-electron chi connectivity index (χ4n) is 4.85. The summed E-state index contributed by atoms with van der Waals surface area (Å²) >= 11 is 5.93. The van der Waals surface area contributed by atoms with E-state index in [2.05, 4.69) is 5.32 Å². The average molecular weight is 568 g/mol. The van der Waals surface area contributed by atoms with E-state index in [1.807, 2.05) is 60.7 Å². The molecule has 39 heavy (non-hydrogen) atoms. The third-order valence-corrected chi connectivity index (χ3v) is 9.12. The maximum atomic E-state index is 13.9. The number of nitrogens with one attached hydrogen (secondary N) is 1. The summed E-state index contributed by atoms with van der Waals surface area (Å²) in [4.78, 5) is 29.2. The number of halogens is 1. The number of rotatable bonds is 11. The molecule has 0 radical (unpaired) electrons. The van der Waals surface area contributed by atoms with Crippen molar-refractivity contribution in [3.05, 3.63) is 101 Å². The minimum Gasteiger partial charge on any atom is -0.352 e. The van der Waals surface area contributed by atoms with Crippen LogP contribution < -0.4 is 5.32 Å². The van der Waals surface area contributed by atoms with Crippen molar-refractivity contribution in [3.63, 3.8) is 0 Å². The molecule has 0 saturated heterocycles. The fourth-order valence-corrected chi connectivity index (χ4v) is 6.10. The van der Waals surface area contributed by atoms with Crippen LogP contribution in [0.5, 0.6) is 0 Å². The van der Waals surface area contributed by atoms with E-state index in [0.717, 1.165) is 41.1 Å². The Kier molecular flexibility index (Phi) is 9.78. The lowest BCUT2D eigenvalue weighted by Crippen LogP contribution is -2.54. The third kappa shape index (κ3) is 7.68. The SMILES string of the molecule is CN(CC(=O)N(Cc1ccccc1)C(Cc1ccccc1)C(=O)NC1CCCC1)S(=O)(=O)c1ccc(Cl)cc1. The molecule has 1 saturated carbocycles. The van der Waals surface area contributed by atoms with Gasteiger partial charge >= 0.3 is 0 Å². The Morgan fingerprint density at radius 2 is 1.46 bits per heavy atom. The number of nitrogens with zero attached hydrogens (tertiary/aromatic N) is 2. The maximum absolute atomic E-state index is 13.9. The number of amides is 2. The second-order valence-corrected chi connectivity index (χ2v) is 12.4. The molecule has 3 aromatic rings. The van der Waals surface area contributed by atoms with Crippen LogP contribution in [0, 0.1) is 0 Å². The van der Waals surface area contributed by atoms with Crippen LogP contribution in [-0.4, -0.2) is 55.1 Å². The van der Waals surface area contributed by atoms with E-state index in [1.165, 1.54) is 36.2 Å². The second-order valence-electron chi connectivity index (χ2n) is 9.92. The van der Waals surface area contributed by atoms with Crippen molar-refractivity contribution >= 4 is 33.4 Å². The highest BCUT2D eigenvalue weighted by Crippen LogP contribution is 2.21. The van der Waals surface area contributed by atoms with Crippen LogP contribution in [-0.2, 0) is 32.6 Å². The van der Waals surface area contributed by atoms with Crippen LogP contribution in [0.4, 0.5) is 0 Å². The first-order valence-corrected chi connectivity index (χ1v) is 15.0. The molecule has 9 heteroatoms. The van der Waals surface area contributed by atoms with E-state index >= 15 is 0 Å². The molecular weight excluding hydrogens is 534 g/mol. The highest BCUT2D eigenvalue weighted by atomic mass is 35.5. The second kappa shape index (κ2) is 13.2. The van der Waals surface area contributed by atoms with Crippen molar-refractivity contribution < 1.29 is 18.0 Å². The van der Waals surface area contributed by atoms with E-state index in [-0.39, 0.29) is 23.4 Å². The van der Waals surface area contributed by atoms with Gasteiger partial charge in [0, 0.05) is 31.1 Å². The predicted octanol–water partition coefficient (Wildman–Crippen LogP) is 4.66. The summed E-state index contributed by atoms with van der Waals surface area (Å²) in [5, 5.41) is 3.57. The van der Waals surface area contributed by atoms with Gasteiger partial charge in [0.15, 0.2) is 0 Å². The van der Waals surface area contributed by atoms with Gasteiger partial charge in [0.2, 0.25) is 21.8 Å². The van der Waals surface area contributed by atoms with Gasteiger partial charge < -0.3 is 10.2 Å². The molecule has 1 atom stereocenters. The van der Waals surface area contributed by atoms with Crippen LogP contribution in [0.1, 0.15) is 36.8 Å². The van der Waals surface area contributed by atoms with Crippen molar-refractivity contribution in [2.24, 2.45) is 0 Å². The number of benzene rings is 3. The van der Waals surface area contributed by atoms with Crippen LogP contribution in [0.3, 0.4) is 0 Å². The van der Waals surface area contributed by atoms with Crippen molar-refractivity contribution in [2.45, 2.75) is 55.6 Å². The van der Waals surface area contributed by atoms with Gasteiger partial charge in [-0.05, 0) is 48.2 Å². The van der Waals surface area contributed by atoms with Crippen LogP contribution in [0.15, 0.2) is 89.8 Å². The number of hydrogen-bond acceptors (Lipinski definition) is 4. The molecule has 1 fully saturated rings. The van der Waals surface area contributed by atoms with E-state index in [1.54, 1.807) is 0 Å². The Bertz CT molecular complexity index is 1350. The van der Waals surface area contributed by atoms with Crippen LogP contribution >= 0.6 is 11.6 Å². The summed E-state index contributed by atoms with van der Waals surface area (Å²) < 4.78 is 27.5. The fraction of sp³-hybridized carbons (Fsp3) is 0.333. The molecule has 0 heterocycles. The topological polar surface area (TPSA) is 86.8 Å². The van der Waals surface area contributed by atoms with Crippen molar-refractivity contribution in [1.82, 2.24) is 14.5 Å².